The Bertz CT molecular complexity index is 150. The van der Waals surface area contributed by atoms with Crippen LogP contribution in [0.25, 0.3) is 0 Å². The zero-order chi connectivity index (χ0) is 7.61. The zero-order valence-corrected chi connectivity index (χ0v) is 7.46. The highest BCUT2D eigenvalue weighted by molar-refractivity contribution is 5.85. The first kappa shape index (κ1) is 10.7. The van der Waals surface area contributed by atoms with Crippen LogP contribution in [0.3, 0.4) is 0 Å². The molecule has 1 fully saturated rings. The van der Waals surface area contributed by atoms with E-state index in [0.717, 1.165) is 0 Å². The van der Waals surface area contributed by atoms with Crippen molar-refractivity contribution in [1.29, 1.82) is 0 Å². The van der Waals surface area contributed by atoms with Gasteiger partial charge in [0.25, 0.3) is 0 Å². The van der Waals surface area contributed by atoms with Crippen molar-refractivity contribution in [1.82, 2.24) is 10.6 Å². The van der Waals surface area contributed by atoms with Gasteiger partial charge in [0.05, 0.1) is 12.3 Å². The van der Waals surface area contributed by atoms with Crippen molar-refractivity contribution in [2.45, 2.75) is 19.4 Å². The predicted octanol–water partition coefficient (Wildman–Crippen LogP) is -0.162. The van der Waals surface area contributed by atoms with Gasteiger partial charge in [-0.15, -0.1) is 12.4 Å². The first-order valence-electron chi connectivity index (χ1n) is 3.24. The van der Waals surface area contributed by atoms with Crippen LogP contribution < -0.4 is 10.6 Å². The smallest absolute Gasteiger partial charge is 0.241 e. The maximum Gasteiger partial charge on any atom is 0.241 e. The lowest BCUT2D eigenvalue weighted by Gasteiger charge is -2.20. The fraction of sp³-hybridized carbons (Fsp3) is 0.833. The summed E-state index contributed by atoms with van der Waals surface area (Å²) in [4.78, 5) is 11.1. The number of carbonyl (C=O) groups excluding carboxylic acids is 1. The van der Waals surface area contributed by atoms with E-state index in [1.54, 1.807) is 0 Å². The highest BCUT2D eigenvalue weighted by Gasteiger charge is 2.28. The Balaban J connectivity index is 0.000001000. The third-order valence-corrected chi connectivity index (χ3v) is 1.52. The molecule has 1 amide bonds. The quantitative estimate of drug-likeness (QED) is 0.545. The van der Waals surface area contributed by atoms with E-state index in [2.05, 4.69) is 10.6 Å². The Hall–Kier alpha value is -0.320. The summed E-state index contributed by atoms with van der Waals surface area (Å²) in [5, 5.41) is 5.55. The summed E-state index contributed by atoms with van der Waals surface area (Å²) in [6.45, 7) is 4.36. The highest BCUT2D eigenvalue weighted by atomic mass is 35.5. The molecule has 0 aromatic carbocycles. The molecule has 1 saturated heterocycles. The van der Waals surface area contributed by atoms with E-state index >= 15 is 0 Å². The number of ether oxygens (including phenoxy) is 1. The van der Waals surface area contributed by atoms with Crippen LogP contribution in [-0.2, 0) is 9.53 Å². The number of hydrogen-bond acceptors (Lipinski definition) is 3. The van der Waals surface area contributed by atoms with E-state index in [0.29, 0.717) is 13.5 Å². The summed E-state index contributed by atoms with van der Waals surface area (Å²) in [6, 6.07) is 0. The average molecular weight is 181 g/mol. The normalized spacial score (nSPS) is 22.9. The summed E-state index contributed by atoms with van der Waals surface area (Å²) >= 11 is 0. The van der Waals surface area contributed by atoms with Crippen LogP contribution in [0.15, 0.2) is 0 Å². The van der Waals surface area contributed by atoms with Gasteiger partial charge in [-0.1, -0.05) is 0 Å². The fourth-order valence-electron chi connectivity index (χ4n) is 0.700. The second-order valence-electron chi connectivity index (χ2n) is 2.80. The van der Waals surface area contributed by atoms with E-state index in [1.165, 1.54) is 0 Å². The molecule has 0 aliphatic carbocycles. The number of hydrogen-bond donors (Lipinski definition) is 2. The molecular weight excluding hydrogens is 168 g/mol. The molecule has 1 rings (SSSR count). The Kier molecular flexibility index (Phi) is 3.78. The van der Waals surface area contributed by atoms with Crippen molar-refractivity contribution >= 4 is 18.3 Å². The molecule has 0 atom stereocenters. The molecule has 2 N–H and O–H groups in total. The molecule has 11 heavy (non-hydrogen) atoms. The minimum Gasteiger partial charge on any atom is -0.346 e. The molecule has 5 heteroatoms. The van der Waals surface area contributed by atoms with E-state index < -0.39 is 5.54 Å². The molecule has 0 saturated carbocycles. The number of amides is 1. The van der Waals surface area contributed by atoms with E-state index in [-0.39, 0.29) is 18.3 Å². The first-order chi connectivity index (χ1) is 4.63. The van der Waals surface area contributed by atoms with Crippen molar-refractivity contribution in [3.63, 3.8) is 0 Å². The van der Waals surface area contributed by atoms with Crippen molar-refractivity contribution in [3.05, 3.63) is 0 Å². The summed E-state index contributed by atoms with van der Waals surface area (Å²) < 4.78 is 4.96. The van der Waals surface area contributed by atoms with Crippen LogP contribution >= 0.6 is 12.4 Å². The van der Waals surface area contributed by atoms with Gasteiger partial charge < -0.3 is 10.1 Å². The lowest BCUT2D eigenvalue weighted by molar-refractivity contribution is -0.126. The van der Waals surface area contributed by atoms with Gasteiger partial charge in [0, 0.05) is 0 Å². The van der Waals surface area contributed by atoms with E-state index in [1.807, 2.05) is 13.8 Å². The van der Waals surface area contributed by atoms with Gasteiger partial charge in [0.15, 0.2) is 0 Å². The standard InChI is InChI=1S/C6H12N2O2.ClH/c1-6(2)5(9)7-3-10-4-8-6;/h8H,3-4H2,1-2H3,(H,7,9);1H. The summed E-state index contributed by atoms with van der Waals surface area (Å²) in [5.74, 6) is -0.0231. The minimum absolute atomic E-state index is 0. The maximum absolute atomic E-state index is 11.1. The van der Waals surface area contributed by atoms with Crippen molar-refractivity contribution < 1.29 is 9.53 Å². The monoisotopic (exact) mass is 180 g/mol. The molecule has 1 aliphatic rings. The second-order valence-corrected chi connectivity index (χ2v) is 2.80. The molecule has 0 unspecified atom stereocenters. The first-order valence-corrected chi connectivity index (χ1v) is 3.24. The number of carbonyl (C=O) groups is 1. The van der Waals surface area contributed by atoms with Gasteiger partial charge in [-0.2, -0.15) is 0 Å². The van der Waals surface area contributed by atoms with Gasteiger partial charge >= 0.3 is 0 Å². The van der Waals surface area contributed by atoms with Crippen molar-refractivity contribution in [2.24, 2.45) is 0 Å². The molecule has 0 aromatic rings. The SMILES string of the molecule is CC1(C)NCOCNC1=O.Cl. The minimum atomic E-state index is -0.503. The van der Waals surface area contributed by atoms with Gasteiger partial charge in [-0.05, 0) is 13.8 Å². The predicted molar refractivity (Wildman–Crippen MR) is 43.4 cm³/mol. The van der Waals surface area contributed by atoms with Gasteiger partial charge in [0.1, 0.15) is 6.73 Å². The summed E-state index contributed by atoms with van der Waals surface area (Å²) in [5.41, 5.74) is -0.503. The second kappa shape index (κ2) is 3.90. The fourth-order valence-corrected chi connectivity index (χ4v) is 0.700. The highest BCUT2D eigenvalue weighted by Crippen LogP contribution is 2.02. The van der Waals surface area contributed by atoms with E-state index in [9.17, 15) is 4.79 Å². The van der Waals surface area contributed by atoms with Crippen LogP contribution in [-0.4, -0.2) is 24.9 Å². The topological polar surface area (TPSA) is 50.4 Å². The largest absolute Gasteiger partial charge is 0.346 e. The molecule has 0 aromatic heterocycles. The van der Waals surface area contributed by atoms with Crippen molar-refractivity contribution in [3.8, 4) is 0 Å². The molecule has 4 nitrogen and oxygen atoms in total. The lowest BCUT2D eigenvalue weighted by Crippen LogP contribution is -2.50. The van der Waals surface area contributed by atoms with Gasteiger partial charge in [-0.25, -0.2) is 0 Å². The van der Waals surface area contributed by atoms with Crippen LogP contribution in [0.2, 0.25) is 0 Å². The molecule has 1 heterocycles. The van der Waals surface area contributed by atoms with Crippen LogP contribution in [0, 0.1) is 0 Å². The third kappa shape index (κ3) is 2.65. The Morgan fingerprint density at radius 3 is 2.73 bits per heavy atom. The molecule has 0 spiro atoms. The van der Waals surface area contributed by atoms with E-state index in [4.69, 9.17) is 4.74 Å². The lowest BCUT2D eigenvalue weighted by atomic mass is 10.1. The summed E-state index contributed by atoms with van der Waals surface area (Å²) in [7, 11) is 0. The van der Waals surface area contributed by atoms with Crippen LogP contribution in [0.5, 0.6) is 0 Å². The zero-order valence-electron chi connectivity index (χ0n) is 6.64. The average Bonchev–Trinajstić information content (AvgIpc) is 1.96. The molecule has 1 aliphatic heterocycles. The Morgan fingerprint density at radius 2 is 2.09 bits per heavy atom. The molecule has 0 bridgehead atoms. The Morgan fingerprint density at radius 1 is 1.45 bits per heavy atom. The molecule has 66 valence electrons. The van der Waals surface area contributed by atoms with Gasteiger partial charge in [-0.3, -0.25) is 10.1 Å². The maximum atomic E-state index is 11.1. The third-order valence-electron chi connectivity index (χ3n) is 1.52. The summed E-state index contributed by atoms with van der Waals surface area (Å²) in [6.07, 6.45) is 0. The molecule has 0 radical (unpaired) electrons. The number of nitrogens with one attached hydrogen (secondary N) is 2. The number of halogens is 1. The van der Waals surface area contributed by atoms with Gasteiger partial charge in [0.2, 0.25) is 5.91 Å². The van der Waals surface area contributed by atoms with Crippen LogP contribution in [0.4, 0.5) is 0 Å². The van der Waals surface area contributed by atoms with Crippen molar-refractivity contribution in [2.75, 3.05) is 13.5 Å². The Labute approximate surface area is 72.1 Å². The molecular formula is C6H13ClN2O2. The number of rotatable bonds is 0. The van der Waals surface area contributed by atoms with Crippen LogP contribution in [0.1, 0.15) is 13.8 Å².